The molecule has 0 spiro atoms. The van der Waals surface area contributed by atoms with Gasteiger partial charge in [0.25, 0.3) is 5.91 Å². The molecule has 92 valence electrons. The van der Waals surface area contributed by atoms with Crippen LogP contribution in [0.15, 0.2) is 42.9 Å². The number of nitrogens with one attached hydrogen (secondary N) is 2. The number of aromatic amines is 1. The quantitative estimate of drug-likeness (QED) is 0.839. The third kappa shape index (κ3) is 1.57. The molecule has 2 heterocycles. The van der Waals surface area contributed by atoms with E-state index in [0.717, 1.165) is 11.1 Å². The fourth-order valence-electron chi connectivity index (χ4n) is 2.39. The maximum atomic E-state index is 12.0. The van der Waals surface area contributed by atoms with Crippen LogP contribution in [-0.4, -0.2) is 28.9 Å². The number of nitrogens with zero attached hydrogens (tertiary/aromatic N) is 1. The van der Waals surface area contributed by atoms with E-state index in [1.54, 1.807) is 11.9 Å². The van der Waals surface area contributed by atoms with Gasteiger partial charge in [0.2, 0.25) is 0 Å². The molecule has 0 unspecified atom stereocenters. The highest BCUT2D eigenvalue weighted by Crippen LogP contribution is 2.21. The number of hydrogen-bond acceptors (Lipinski definition) is 2. The first-order valence-electron chi connectivity index (χ1n) is 5.95. The van der Waals surface area contributed by atoms with Crippen molar-refractivity contribution in [3.05, 3.63) is 48.4 Å². The highest BCUT2D eigenvalue weighted by Gasteiger charge is 2.31. The first-order valence-corrected chi connectivity index (χ1v) is 5.95. The zero-order valence-corrected chi connectivity index (χ0v) is 10.2. The lowest BCUT2D eigenvalue weighted by Gasteiger charge is -2.07. The second kappa shape index (κ2) is 3.91. The summed E-state index contributed by atoms with van der Waals surface area (Å²) in [6.07, 6.45) is 2.65. The van der Waals surface area contributed by atoms with Crippen molar-refractivity contribution in [3.8, 4) is 0 Å². The number of hydrogen-bond donors (Lipinski definition) is 2. The first kappa shape index (κ1) is 10.9. The lowest BCUT2D eigenvalue weighted by molar-refractivity contribution is -0.127. The smallest absolute Gasteiger partial charge is 0.250 e. The Bertz CT molecular complexity index is 629. The lowest BCUT2D eigenvalue weighted by atomic mass is 10.1. The minimum Gasteiger partial charge on any atom is -0.361 e. The van der Waals surface area contributed by atoms with Crippen LogP contribution in [0.4, 0.5) is 0 Å². The van der Waals surface area contributed by atoms with Gasteiger partial charge in [-0.05, 0) is 11.6 Å². The maximum Gasteiger partial charge on any atom is 0.250 e. The summed E-state index contributed by atoms with van der Waals surface area (Å²) >= 11 is 0. The number of benzene rings is 1. The summed E-state index contributed by atoms with van der Waals surface area (Å²) in [4.78, 5) is 16.8. The average Bonchev–Trinajstić information content (AvgIpc) is 2.89. The molecule has 1 amide bonds. The number of H-pyrrole nitrogens is 1. The number of carbonyl (C=O) groups excluding carboxylic acids is 1. The summed E-state index contributed by atoms with van der Waals surface area (Å²) in [5.41, 5.74) is 2.25. The predicted molar refractivity (Wildman–Crippen MR) is 70.8 cm³/mol. The van der Waals surface area contributed by atoms with Crippen molar-refractivity contribution < 1.29 is 4.79 Å². The van der Waals surface area contributed by atoms with Crippen LogP contribution in [-0.2, 0) is 11.2 Å². The molecule has 2 aromatic rings. The van der Waals surface area contributed by atoms with Gasteiger partial charge < -0.3 is 15.2 Å². The Morgan fingerprint density at radius 3 is 2.89 bits per heavy atom. The zero-order valence-electron chi connectivity index (χ0n) is 10.2. The Kier molecular flexibility index (Phi) is 2.37. The van der Waals surface area contributed by atoms with Crippen LogP contribution in [0.25, 0.3) is 10.9 Å². The molecule has 4 nitrogen and oxygen atoms in total. The zero-order chi connectivity index (χ0) is 12.7. The van der Waals surface area contributed by atoms with E-state index >= 15 is 0 Å². The standard InChI is InChI=1S/C14H15N3O/c1-9-16-13(14(18)17(9)2)7-10-8-15-12-6-4-3-5-11(10)12/h3-6,8,13,15-16H,1,7H2,2H3/t13-/m1/s1. The number of amides is 1. The molecule has 1 aliphatic heterocycles. The summed E-state index contributed by atoms with van der Waals surface area (Å²) in [6, 6.07) is 7.90. The van der Waals surface area contributed by atoms with Gasteiger partial charge >= 0.3 is 0 Å². The van der Waals surface area contributed by atoms with Crippen molar-refractivity contribution in [1.29, 1.82) is 0 Å². The van der Waals surface area contributed by atoms with Crippen LogP contribution < -0.4 is 5.32 Å². The van der Waals surface area contributed by atoms with E-state index in [9.17, 15) is 4.79 Å². The molecule has 1 aliphatic rings. The average molecular weight is 241 g/mol. The molecule has 1 aromatic carbocycles. The van der Waals surface area contributed by atoms with E-state index < -0.39 is 0 Å². The van der Waals surface area contributed by atoms with Gasteiger partial charge in [0.05, 0.1) is 0 Å². The van der Waals surface area contributed by atoms with Crippen molar-refractivity contribution in [2.75, 3.05) is 7.05 Å². The van der Waals surface area contributed by atoms with Gasteiger partial charge in [-0.1, -0.05) is 24.8 Å². The van der Waals surface area contributed by atoms with Gasteiger partial charge in [-0.25, -0.2) is 0 Å². The lowest BCUT2D eigenvalue weighted by Crippen LogP contribution is -2.30. The molecule has 2 N–H and O–H groups in total. The second-order valence-corrected chi connectivity index (χ2v) is 4.60. The van der Waals surface area contributed by atoms with Crippen LogP contribution in [0, 0.1) is 0 Å². The molecule has 4 heteroatoms. The van der Waals surface area contributed by atoms with E-state index in [2.05, 4.69) is 22.9 Å². The fraction of sp³-hybridized carbons (Fsp3) is 0.214. The van der Waals surface area contributed by atoms with Crippen molar-refractivity contribution in [1.82, 2.24) is 15.2 Å². The number of aromatic nitrogens is 1. The summed E-state index contributed by atoms with van der Waals surface area (Å²) in [7, 11) is 1.74. The molecule has 0 saturated carbocycles. The number of likely N-dealkylation sites (N-methyl/N-ethyl adjacent to an activating group) is 1. The van der Waals surface area contributed by atoms with Gasteiger partial charge in [0, 0.05) is 30.6 Å². The van der Waals surface area contributed by atoms with Crippen LogP contribution in [0.3, 0.4) is 0 Å². The summed E-state index contributed by atoms with van der Waals surface area (Å²) in [5, 5.41) is 4.30. The molecule has 0 aliphatic carbocycles. The first-order chi connectivity index (χ1) is 8.66. The second-order valence-electron chi connectivity index (χ2n) is 4.60. The SMILES string of the molecule is C=C1N[C@H](Cc2c[nH]c3ccccc23)C(=O)N1C. The largest absolute Gasteiger partial charge is 0.361 e. The van der Waals surface area contributed by atoms with Crippen molar-refractivity contribution in [2.45, 2.75) is 12.5 Å². The monoisotopic (exact) mass is 241 g/mol. The van der Waals surface area contributed by atoms with Gasteiger partial charge in [0.1, 0.15) is 11.9 Å². The Morgan fingerprint density at radius 2 is 2.17 bits per heavy atom. The topological polar surface area (TPSA) is 48.1 Å². The van der Waals surface area contributed by atoms with Gasteiger partial charge in [0.15, 0.2) is 0 Å². The fourth-order valence-corrected chi connectivity index (χ4v) is 2.39. The van der Waals surface area contributed by atoms with Crippen molar-refractivity contribution in [2.24, 2.45) is 0 Å². The van der Waals surface area contributed by atoms with Crippen LogP contribution >= 0.6 is 0 Å². The Balaban J connectivity index is 1.89. The maximum absolute atomic E-state index is 12.0. The van der Waals surface area contributed by atoms with E-state index in [1.807, 2.05) is 24.4 Å². The van der Waals surface area contributed by atoms with Crippen molar-refractivity contribution >= 4 is 16.8 Å². The summed E-state index contributed by atoms with van der Waals surface area (Å²) in [6.45, 7) is 3.81. The van der Waals surface area contributed by atoms with E-state index in [1.165, 1.54) is 5.39 Å². The van der Waals surface area contributed by atoms with E-state index in [4.69, 9.17) is 0 Å². The number of para-hydroxylation sites is 1. The van der Waals surface area contributed by atoms with Gasteiger partial charge in [-0.3, -0.25) is 4.79 Å². The molecule has 0 radical (unpaired) electrons. The van der Waals surface area contributed by atoms with Gasteiger partial charge in [-0.2, -0.15) is 0 Å². The predicted octanol–water partition coefficient (Wildman–Crippen LogP) is 1.61. The molecule has 1 aromatic heterocycles. The molecule has 0 bridgehead atoms. The van der Waals surface area contributed by atoms with Crippen LogP contribution in [0.1, 0.15) is 5.56 Å². The minimum absolute atomic E-state index is 0.0743. The number of rotatable bonds is 2. The number of carbonyl (C=O) groups is 1. The highest BCUT2D eigenvalue weighted by molar-refractivity contribution is 5.88. The molecule has 1 saturated heterocycles. The van der Waals surface area contributed by atoms with Gasteiger partial charge in [-0.15, -0.1) is 0 Å². The van der Waals surface area contributed by atoms with Crippen LogP contribution in [0.2, 0.25) is 0 Å². The minimum atomic E-state index is -0.207. The third-order valence-corrected chi connectivity index (χ3v) is 3.47. The Labute approximate surface area is 105 Å². The number of fused-ring (bicyclic) bond motifs is 1. The van der Waals surface area contributed by atoms with Crippen molar-refractivity contribution in [3.63, 3.8) is 0 Å². The van der Waals surface area contributed by atoms with Crippen LogP contribution in [0.5, 0.6) is 0 Å². The molecular weight excluding hydrogens is 226 g/mol. The van der Waals surface area contributed by atoms with E-state index in [0.29, 0.717) is 12.2 Å². The van der Waals surface area contributed by atoms with E-state index in [-0.39, 0.29) is 11.9 Å². The summed E-state index contributed by atoms with van der Waals surface area (Å²) in [5.74, 6) is 0.745. The molecular formula is C14H15N3O. The molecule has 3 rings (SSSR count). The molecule has 1 atom stereocenters. The molecule has 18 heavy (non-hydrogen) atoms. The normalized spacial score (nSPS) is 19.6. The summed E-state index contributed by atoms with van der Waals surface area (Å²) < 4.78 is 0. The third-order valence-electron chi connectivity index (χ3n) is 3.47. The Morgan fingerprint density at radius 1 is 1.39 bits per heavy atom. The highest BCUT2D eigenvalue weighted by atomic mass is 16.2. The molecule has 1 fully saturated rings. The Hall–Kier alpha value is -2.23.